The van der Waals surface area contributed by atoms with Crippen molar-refractivity contribution in [3.05, 3.63) is 48.6 Å². The van der Waals surface area contributed by atoms with Crippen molar-refractivity contribution in [3.63, 3.8) is 0 Å². The molecule has 2 fully saturated rings. The molecule has 0 aromatic carbocycles. The van der Waals surface area contributed by atoms with Gasteiger partial charge in [-0.15, -0.1) is 6.58 Å². The fourth-order valence-electron chi connectivity index (χ4n) is 4.08. The maximum absolute atomic E-state index is 12.3. The van der Waals surface area contributed by atoms with Gasteiger partial charge in [0.2, 0.25) is 0 Å². The van der Waals surface area contributed by atoms with Crippen LogP contribution in [0.1, 0.15) is 20.3 Å². The van der Waals surface area contributed by atoms with Gasteiger partial charge >= 0.3 is 11.9 Å². The topological polar surface area (TPSA) is 93.1 Å². The van der Waals surface area contributed by atoms with Crippen molar-refractivity contribution in [1.82, 2.24) is 0 Å². The summed E-state index contributed by atoms with van der Waals surface area (Å²) in [5.74, 6) is -2.12. The van der Waals surface area contributed by atoms with Gasteiger partial charge in [-0.05, 0) is 20.3 Å². The minimum Gasteiger partial charge on any atom is -0.458 e. The summed E-state index contributed by atoms with van der Waals surface area (Å²) in [4.78, 5) is 24.5. The summed E-state index contributed by atoms with van der Waals surface area (Å²) in [5.41, 5.74) is 0.247. The maximum atomic E-state index is 12.3. The van der Waals surface area contributed by atoms with Crippen molar-refractivity contribution in [2.45, 2.75) is 32.5 Å². The van der Waals surface area contributed by atoms with Crippen molar-refractivity contribution in [2.75, 3.05) is 13.2 Å². The lowest BCUT2D eigenvalue weighted by Crippen LogP contribution is -2.54. The molecular weight excluding hydrogens is 336 g/mol. The normalized spacial score (nSPS) is 34.1. The molecule has 0 bridgehead atoms. The Balaban J connectivity index is 2.47. The summed E-state index contributed by atoms with van der Waals surface area (Å²) in [6.07, 6.45) is 1.94. The Morgan fingerprint density at radius 2 is 2.12 bits per heavy atom. The van der Waals surface area contributed by atoms with E-state index in [1.165, 1.54) is 6.08 Å². The fourth-order valence-corrected chi connectivity index (χ4v) is 4.08. The van der Waals surface area contributed by atoms with E-state index in [1.54, 1.807) is 19.9 Å². The molecule has 2 N–H and O–H groups in total. The van der Waals surface area contributed by atoms with E-state index in [1.807, 2.05) is 0 Å². The number of hydrogen-bond acceptors (Lipinski definition) is 6. The second-order valence-electron chi connectivity index (χ2n) is 6.96. The van der Waals surface area contributed by atoms with Crippen LogP contribution in [0, 0.1) is 17.3 Å². The molecule has 1 aliphatic heterocycles. The van der Waals surface area contributed by atoms with Crippen LogP contribution in [0.15, 0.2) is 48.6 Å². The first-order valence-corrected chi connectivity index (χ1v) is 8.53. The Morgan fingerprint density at radius 1 is 1.46 bits per heavy atom. The second kappa shape index (κ2) is 7.60. The number of fused-ring (bicyclic) bond motifs is 1. The monoisotopic (exact) mass is 362 g/mol. The van der Waals surface area contributed by atoms with Crippen molar-refractivity contribution in [2.24, 2.45) is 17.3 Å². The molecule has 1 aliphatic carbocycles. The summed E-state index contributed by atoms with van der Waals surface area (Å²) in [5, 5.41) is 19.4. The van der Waals surface area contributed by atoms with Crippen molar-refractivity contribution >= 4 is 11.9 Å². The largest absolute Gasteiger partial charge is 0.458 e. The molecule has 2 rings (SSSR count). The SMILES string of the molecule is C=CC1(CO)CC(OC(=O)C(=CC)CO)C2C(=C)C(=O)OC2C1C(=C)C. The molecular formula is C20H26O6. The number of aliphatic hydroxyl groups is 2. The highest BCUT2D eigenvalue weighted by Crippen LogP contribution is 2.53. The van der Waals surface area contributed by atoms with E-state index in [9.17, 15) is 19.8 Å². The quantitative estimate of drug-likeness (QED) is 0.424. The molecule has 0 spiro atoms. The predicted molar refractivity (Wildman–Crippen MR) is 95.9 cm³/mol. The first kappa shape index (κ1) is 20.1. The van der Waals surface area contributed by atoms with E-state index in [2.05, 4.69) is 19.7 Å². The molecule has 5 atom stereocenters. The van der Waals surface area contributed by atoms with Gasteiger partial charge in [0.05, 0.1) is 24.7 Å². The van der Waals surface area contributed by atoms with E-state index < -0.39 is 42.1 Å². The summed E-state index contributed by atoms with van der Waals surface area (Å²) in [7, 11) is 0. The van der Waals surface area contributed by atoms with Gasteiger partial charge in [0.15, 0.2) is 0 Å². The van der Waals surface area contributed by atoms with Crippen LogP contribution in [0.2, 0.25) is 0 Å². The number of carbonyl (C=O) groups excluding carboxylic acids is 2. The van der Waals surface area contributed by atoms with Crippen LogP contribution in [-0.2, 0) is 19.1 Å². The minimum atomic E-state index is -0.849. The first-order valence-electron chi connectivity index (χ1n) is 8.53. The predicted octanol–water partition coefficient (Wildman–Crippen LogP) is 1.70. The lowest BCUT2D eigenvalue weighted by atomic mass is 9.58. The molecule has 6 nitrogen and oxygen atoms in total. The third-order valence-corrected chi connectivity index (χ3v) is 5.46. The third kappa shape index (κ3) is 3.15. The van der Waals surface area contributed by atoms with Crippen LogP contribution < -0.4 is 0 Å². The van der Waals surface area contributed by atoms with Crippen molar-refractivity contribution < 1.29 is 29.3 Å². The van der Waals surface area contributed by atoms with Crippen molar-refractivity contribution in [3.8, 4) is 0 Å². The van der Waals surface area contributed by atoms with Crippen LogP contribution in [0.3, 0.4) is 0 Å². The average Bonchev–Trinajstić information content (AvgIpc) is 2.89. The highest BCUT2D eigenvalue weighted by Gasteiger charge is 2.59. The zero-order valence-electron chi connectivity index (χ0n) is 15.2. The molecule has 26 heavy (non-hydrogen) atoms. The zero-order chi connectivity index (χ0) is 19.6. The Morgan fingerprint density at radius 3 is 2.58 bits per heavy atom. The molecule has 5 unspecified atom stereocenters. The van der Waals surface area contributed by atoms with E-state index >= 15 is 0 Å². The second-order valence-corrected chi connectivity index (χ2v) is 6.96. The zero-order valence-corrected chi connectivity index (χ0v) is 15.2. The molecule has 0 aromatic heterocycles. The molecule has 142 valence electrons. The Bertz CT molecular complexity index is 676. The van der Waals surface area contributed by atoms with Gasteiger partial charge in [0.1, 0.15) is 12.2 Å². The Labute approximate surface area is 153 Å². The molecule has 0 radical (unpaired) electrons. The smallest absolute Gasteiger partial charge is 0.336 e. The van der Waals surface area contributed by atoms with Crippen LogP contribution >= 0.6 is 0 Å². The Kier molecular flexibility index (Phi) is 5.88. The van der Waals surface area contributed by atoms with Gasteiger partial charge in [-0.3, -0.25) is 0 Å². The number of ether oxygens (including phenoxy) is 2. The van der Waals surface area contributed by atoms with E-state index in [0.717, 1.165) is 5.57 Å². The molecule has 1 saturated carbocycles. The number of allylic oxidation sites excluding steroid dienone is 1. The lowest BCUT2D eigenvalue weighted by Gasteiger charge is -2.49. The van der Waals surface area contributed by atoms with E-state index in [4.69, 9.17) is 9.47 Å². The number of aliphatic hydroxyl groups excluding tert-OH is 2. The molecule has 0 aromatic rings. The number of carbonyl (C=O) groups is 2. The summed E-state index contributed by atoms with van der Waals surface area (Å²) < 4.78 is 11.1. The lowest BCUT2D eigenvalue weighted by molar-refractivity contribution is -0.162. The average molecular weight is 362 g/mol. The van der Waals surface area contributed by atoms with Gasteiger partial charge in [0.25, 0.3) is 0 Å². The first-order chi connectivity index (χ1) is 12.3. The fraction of sp³-hybridized carbons (Fsp3) is 0.500. The maximum Gasteiger partial charge on any atom is 0.336 e. The number of hydrogen-bond donors (Lipinski definition) is 2. The van der Waals surface area contributed by atoms with Crippen LogP contribution in [0.4, 0.5) is 0 Å². The van der Waals surface area contributed by atoms with Gasteiger partial charge < -0.3 is 19.7 Å². The third-order valence-electron chi connectivity index (χ3n) is 5.46. The Hall–Kier alpha value is -2.18. The minimum absolute atomic E-state index is 0.118. The number of esters is 2. The molecule has 6 heteroatoms. The highest BCUT2D eigenvalue weighted by atomic mass is 16.6. The standard InChI is InChI=1S/C20H26O6/c1-6-13(9-21)19(24)25-14-8-20(7-2,10-22)16(11(3)4)17-15(14)12(5)18(23)26-17/h6-7,14-17,21-22H,2-3,5,8-10H2,1,4H3. The van der Waals surface area contributed by atoms with Crippen molar-refractivity contribution in [1.29, 1.82) is 0 Å². The van der Waals surface area contributed by atoms with Gasteiger partial charge in [-0.25, -0.2) is 9.59 Å². The van der Waals surface area contributed by atoms with Gasteiger partial charge in [-0.1, -0.05) is 30.9 Å². The summed E-state index contributed by atoms with van der Waals surface area (Å²) in [6.45, 7) is 14.4. The molecule has 2 aliphatic rings. The molecule has 1 saturated heterocycles. The van der Waals surface area contributed by atoms with Crippen LogP contribution in [0.25, 0.3) is 0 Å². The summed E-state index contributed by atoms with van der Waals surface area (Å²) in [6, 6.07) is 0. The summed E-state index contributed by atoms with van der Waals surface area (Å²) >= 11 is 0. The van der Waals surface area contributed by atoms with Gasteiger partial charge in [0, 0.05) is 16.9 Å². The highest BCUT2D eigenvalue weighted by molar-refractivity contribution is 5.92. The number of rotatable bonds is 6. The van der Waals surface area contributed by atoms with Gasteiger partial charge in [-0.2, -0.15) is 0 Å². The molecule has 1 heterocycles. The van der Waals surface area contributed by atoms with Crippen LogP contribution in [-0.4, -0.2) is 47.6 Å². The van der Waals surface area contributed by atoms with E-state index in [-0.39, 0.29) is 30.1 Å². The molecule has 0 amide bonds. The van der Waals surface area contributed by atoms with E-state index in [0.29, 0.717) is 0 Å². The van der Waals surface area contributed by atoms with Crippen LogP contribution in [0.5, 0.6) is 0 Å².